The van der Waals surface area contributed by atoms with Gasteiger partial charge in [-0.3, -0.25) is 9.48 Å². The molecule has 146 valence electrons. The third kappa shape index (κ3) is 4.12. The van der Waals surface area contributed by atoms with E-state index < -0.39 is 22.5 Å². The summed E-state index contributed by atoms with van der Waals surface area (Å²) in [5, 5.41) is 21.4. The predicted molar refractivity (Wildman–Crippen MR) is 100.0 cm³/mol. The lowest BCUT2D eigenvalue weighted by Crippen LogP contribution is -2.20. The Hall–Kier alpha value is -2.98. The number of nitrogens with one attached hydrogen (secondary N) is 1. The number of benzene rings is 1. The van der Waals surface area contributed by atoms with E-state index in [0.29, 0.717) is 5.69 Å². The quantitative estimate of drug-likeness (QED) is 0.479. The average molecular weight is 427 g/mol. The molecule has 9 nitrogen and oxygen atoms in total. The van der Waals surface area contributed by atoms with Crippen molar-refractivity contribution in [3.63, 3.8) is 0 Å². The zero-order valence-electron chi connectivity index (χ0n) is 14.4. The second-order valence-electron chi connectivity index (χ2n) is 5.78. The van der Waals surface area contributed by atoms with Crippen molar-refractivity contribution in [1.82, 2.24) is 19.6 Å². The molecule has 0 saturated heterocycles. The third-order valence-electron chi connectivity index (χ3n) is 3.87. The molecule has 0 aliphatic rings. The Bertz CT molecular complexity index is 1040. The van der Waals surface area contributed by atoms with Gasteiger partial charge in [0.05, 0.1) is 17.3 Å². The summed E-state index contributed by atoms with van der Waals surface area (Å²) in [6.07, 6.45) is 1.55. The fourth-order valence-corrected chi connectivity index (χ4v) is 2.89. The van der Waals surface area contributed by atoms with Crippen LogP contribution in [0.2, 0.25) is 10.0 Å². The number of carbonyl (C=O) groups excluding carboxylic acids is 1. The van der Waals surface area contributed by atoms with Gasteiger partial charge in [-0.15, -0.1) is 0 Å². The SMILES string of the molecule is Cc1c(Cl)c([N+](=O)[O-])nn1CC(=O)Nc1ccn(Cc2c(F)cccc2Cl)n1. The number of anilines is 1. The number of hydrogen-bond donors (Lipinski definition) is 1. The lowest BCUT2D eigenvalue weighted by molar-refractivity contribution is -0.389. The Kier molecular flexibility index (Phi) is 5.61. The molecule has 0 atom stereocenters. The smallest absolute Gasteiger partial charge is 0.358 e. The number of amides is 1. The first-order valence-electron chi connectivity index (χ1n) is 7.89. The number of carbonyl (C=O) groups is 1. The highest BCUT2D eigenvalue weighted by molar-refractivity contribution is 6.33. The molecule has 0 spiro atoms. The van der Waals surface area contributed by atoms with E-state index in [4.69, 9.17) is 23.2 Å². The van der Waals surface area contributed by atoms with E-state index >= 15 is 0 Å². The maximum Gasteiger partial charge on any atom is 0.408 e. The Morgan fingerprint density at radius 2 is 2.07 bits per heavy atom. The highest BCUT2D eigenvalue weighted by atomic mass is 35.5. The molecule has 12 heteroatoms. The molecule has 3 rings (SSSR count). The molecule has 2 aromatic heterocycles. The highest BCUT2D eigenvalue weighted by Gasteiger charge is 2.25. The Balaban J connectivity index is 1.68. The molecular formula is C16H13Cl2FN6O3. The first-order chi connectivity index (χ1) is 13.3. The molecule has 0 radical (unpaired) electrons. The van der Waals surface area contributed by atoms with Crippen molar-refractivity contribution in [2.45, 2.75) is 20.0 Å². The number of halogens is 3. The van der Waals surface area contributed by atoms with Crippen LogP contribution in [0.4, 0.5) is 16.0 Å². The molecule has 0 bridgehead atoms. The van der Waals surface area contributed by atoms with Gasteiger partial charge in [0.1, 0.15) is 12.4 Å². The van der Waals surface area contributed by atoms with Crippen molar-refractivity contribution < 1.29 is 14.1 Å². The number of aromatic nitrogens is 4. The van der Waals surface area contributed by atoms with Crippen molar-refractivity contribution in [2.24, 2.45) is 0 Å². The third-order valence-corrected chi connectivity index (χ3v) is 4.67. The molecule has 0 aliphatic carbocycles. The van der Waals surface area contributed by atoms with E-state index in [1.807, 2.05) is 0 Å². The fourth-order valence-electron chi connectivity index (χ4n) is 2.46. The summed E-state index contributed by atoms with van der Waals surface area (Å²) < 4.78 is 16.4. The molecule has 28 heavy (non-hydrogen) atoms. The largest absolute Gasteiger partial charge is 0.408 e. The summed E-state index contributed by atoms with van der Waals surface area (Å²) >= 11 is 11.8. The predicted octanol–water partition coefficient (Wildman–Crippen LogP) is 3.43. The van der Waals surface area contributed by atoms with Crippen LogP contribution >= 0.6 is 23.2 Å². The van der Waals surface area contributed by atoms with Crippen molar-refractivity contribution >= 4 is 40.7 Å². The Morgan fingerprint density at radius 1 is 1.32 bits per heavy atom. The van der Waals surface area contributed by atoms with Crippen molar-refractivity contribution in [3.05, 3.63) is 67.7 Å². The average Bonchev–Trinajstić information content (AvgIpc) is 3.17. The van der Waals surface area contributed by atoms with Gasteiger partial charge in [-0.2, -0.15) is 9.78 Å². The van der Waals surface area contributed by atoms with Crippen molar-refractivity contribution in [1.29, 1.82) is 0 Å². The van der Waals surface area contributed by atoms with Crippen LogP contribution in [0.15, 0.2) is 30.5 Å². The maximum atomic E-state index is 13.9. The van der Waals surface area contributed by atoms with Crippen LogP contribution in [-0.2, 0) is 17.9 Å². The molecule has 1 N–H and O–H groups in total. The van der Waals surface area contributed by atoms with E-state index in [2.05, 4.69) is 15.5 Å². The van der Waals surface area contributed by atoms with Gasteiger partial charge in [0.15, 0.2) is 10.8 Å². The summed E-state index contributed by atoms with van der Waals surface area (Å²) in [7, 11) is 0. The second-order valence-corrected chi connectivity index (χ2v) is 6.57. The van der Waals surface area contributed by atoms with Gasteiger partial charge < -0.3 is 15.4 Å². The van der Waals surface area contributed by atoms with Crippen LogP contribution in [0, 0.1) is 22.9 Å². The van der Waals surface area contributed by atoms with Crippen LogP contribution in [0.3, 0.4) is 0 Å². The monoisotopic (exact) mass is 426 g/mol. The Labute approximate surface area is 167 Å². The molecule has 0 fully saturated rings. The standard InChI is InChI=1S/C16H13Cl2FN6O3/c1-9-15(18)16(25(27)28)22-24(9)8-14(26)20-13-5-6-23(21-13)7-10-11(17)3-2-4-12(10)19/h2-6H,7-8H2,1H3,(H,20,21,26). The number of rotatable bonds is 6. The minimum absolute atomic E-state index is 0.0848. The van der Waals surface area contributed by atoms with Crippen LogP contribution in [0.1, 0.15) is 11.3 Å². The van der Waals surface area contributed by atoms with Crippen LogP contribution in [-0.4, -0.2) is 30.4 Å². The van der Waals surface area contributed by atoms with E-state index in [0.717, 1.165) is 4.68 Å². The summed E-state index contributed by atoms with van der Waals surface area (Å²) in [6.45, 7) is 1.31. The first-order valence-corrected chi connectivity index (χ1v) is 8.65. The first kappa shape index (κ1) is 19.8. The normalized spacial score (nSPS) is 10.9. The molecule has 1 amide bonds. The molecule has 0 unspecified atom stereocenters. The van der Waals surface area contributed by atoms with Gasteiger partial charge in [-0.1, -0.05) is 29.3 Å². The van der Waals surface area contributed by atoms with Gasteiger partial charge in [-0.05, 0) is 24.0 Å². The van der Waals surface area contributed by atoms with E-state index in [-0.39, 0.29) is 34.5 Å². The summed E-state index contributed by atoms with van der Waals surface area (Å²) in [5.74, 6) is -1.26. The van der Waals surface area contributed by atoms with Gasteiger partial charge >= 0.3 is 5.82 Å². The van der Waals surface area contributed by atoms with E-state index in [9.17, 15) is 19.3 Å². The number of hydrogen-bond acceptors (Lipinski definition) is 5. The van der Waals surface area contributed by atoms with Gasteiger partial charge in [-0.25, -0.2) is 4.39 Å². The Morgan fingerprint density at radius 3 is 2.71 bits per heavy atom. The zero-order chi connectivity index (χ0) is 20.4. The summed E-state index contributed by atoms with van der Waals surface area (Å²) in [5.41, 5.74) is 0.572. The minimum atomic E-state index is -0.723. The topological polar surface area (TPSA) is 108 Å². The molecular weight excluding hydrogens is 414 g/mol. The minimum Gasteiger partial charge on any atom is -0.358 e. The summed E-state index contributed by atoms with van der Waals surface area (Å²) in [6, 6.07) is 5.90. The molecule has 1 aromatic carbocycles. The lowest BCUT2D eigenvalue weighted by Gasteiger charge is -2.06. The zero-order valence-corrected chi connectivity index (χ0v) is 15.9. The number of nitrogens with zero attached hydrogens (tertiary/aromatic N) is 5. The highest BCUT2D eigenvalue weighted by Crippen LogP contribution is 2.26. The maximum absolute atomic E-state index is 13.9. The van der Waals surface area contributed by atoms with Crippen molar-refractivity contribution in [2.75, 3.05) is 5.32 Å². The molecule has 0 aliphatic heterocycles. The van der Waals surface area contributed by atoms with E-state index in [1.54, 1.807) is 12.3 Å². The molecule has 2 heterocycles. The van der Waals surface area contributed by atoms with Crippen LogP contribution in [0.25, 0.3) is 0 Å². The van der Waals surface area contributed by atoms with Gasteiger partial charge in [0.2, 0.25) is 5.91 Å². The molecule has 0 saturated carbocycles. The van der Waals surface area contributed by atoms with Crippen LogP contribution < -0.4 is 5.32 Å². The van der Waals surface area contributed by atoms with E-state index in [1.165, 1.54) is 29.8 Å². The lowest BCUT2D eigenvalue weighted by atomic mass is 10.2. The number of nitro groups is 1. The summed E-state index contributed by atoms with van der Waals surface area (Å²) in [4.78, 5) is 22.3. The van der Waals surface area contributed by atoms with Gasteiger partial charge in [0.25, 0.3) is 0 Å². The van der Waals surface area contributed by atoms with Gasteiger partial charge in [0, 0.05) is 22.8 Å². The second kappa shape index (κ2) is 7.95. The van der Waals surface area contributed by atoms with Crippen molar-refractivity contribution in [3.8, 4) is 0 Å². The van der Waals surface area contributed by atoms with Crippen LogP contribution in [0.5, 0.6) is 0 Å². The molecule has 3 aromatic rings. The fraction of sp³-hybridized carbons (Fsp3) is 0.188.